The lowest BCUT2D eigenvalue weighted by molar-refractivity contribution is 0.206. The van der Waals surface area contributed by atoms with Crippen LogP contribution in [0.3, 0.4) is 0 Å². The standard InChI is InChI=1S/C30H33N3O2/c1-35-29-17-15-28(16-18-29)32-30(34)33-21-6-5-20-31-23-27(19-22-33)26-13-11-25(12-14-26)10-9-24-7-3-2-4-8-24/h2-4,7-8,11-18,27,31H,5-6,19-23H2,1H3,(H,32,34)/t27-/m1/s1. The van der Waals surface area contributed by atoms with Crippen LogP contribution in [-0.4, -0.2) is 44.2 Å². The maximum Gasteiger partial charge on any atom is 0.321 e. The molecule has 3 aromatic rings. The van der Waals surface area contributed by atoms with Crippen LogP contribution in [-0.2, 0) is 0 Å². The van der Waals surface area contributed by atoms with Crippen molar-refractivity contribution >= 4 is 11.7 Å². The Bertz CT molecular complexity index is 1130. The Kier molecular flexibility index (Phi) is 8.80. The summed E-state index contributed by atoms with van der Waals surface area (Å²) in [6.45, 7) is 3.34. The average Bonchev–Trinajstić information content (AvgIpc) is 2.91. The maximum absolute atomic E-state index is 13.0. The Hall–Kier alpha value is -3.75. The summed E-state index contributed by atoms with van der Waals surface area (Å²) in [5, 5.41) is 6.64. The Morgan fingerprint density at radius 2 is 1.63 bits per heavy atom. The lowest BCUT2D eigenvalue weighted by Crippen LogP contribution is -2.39. The molecule has 0 aliphatic carbocycles. The van der Waals surface area contributed by atoms with E-state index in [9.17, 15) is 4.79 Å². The largest absolute Gasteiger partial charge is 0.497 e. The minimum atomic E-state index is -0.0472. The van der Waals surface area contributed by atoms with Crippen LogP contribution in [0.5, 0.6) is 5.75 Å². The molecule has 0 unspecified atom stereocenters. The molecule has 5 nitrogen and oxygen atoms in total. The molecule has 1 aliphatic heterocycles. The van der Waals surface area contributed by atoms with E-state index in [1.807, 2.05) is 59.5 Å². The number of nitrogens with one attached hydrogen (secondary N) is 2. The van der Waals surface area contributed by atoms with Gasteiger partial charge in [0.15, 0.2) is 0 Å². The van der Waals surface area contributed by atoms with E-state index in [2.05, 4.69) is 46.7 Å². The second-order valence-electron chi connectivity index (χ2n) is 8.78. The number of hydrogen-bond acceptors (Lipinski definition) is 3. The SMILES string of the molecule is COc1ccc(NC(=O)N2CCCCNC[C@H](c3ccc(C#Cc4ccccc4)cc3)CC2)cc1. The number of rotatable bonds is 3. The first-order valence-corrected chi connectivity index (χ1v) is 12.3. The molecule has 1 aliphatic rings. The zero-order valence-electron chi connectivity index (χ0n) is 20.3. The lowest BCUT2D eigenvalue weighted by Gasteiger charge is -2.28. The van der Waals surface area contributed by atoms with Gasteiger partial charge in [-0.1, -0.05) is 42.2 Å². The first kappa shape index (κ1) is 24.4. The van der Waals surface area contributed by atoms with E-state index in [-0.39, 0.29) is 6.03 Å². The van der Waals surface area contributed by atoms with Crippen LogP contribution < -0.4 is 15.4 Å². The summed E-state index contributed by atoms with van der Waals surface area (Å²) in [5.74, 6) is 7.57. The van der Waals surface area contributed by atoms with E-state index in [1.165, 1.54) is 5.56 Å². The molecule has 0 saturated carbocycles. The molecule has 0 bridgehead atoms. The first-order valence-electron chi connectivity index (χ1n) is 12.3. The Labute approximate surface area is 208 Å². The van der Waals surface area contributed by atoms with Crippen LogP contribution in [0, 0.1) is 11.8 Å². The van der Waals surface area contributed by atoms with Crippen LogP contribution in [0.1, 0.15) is 41.9 Å². The van der Waals surface area contributed by atoms with Gasteiger partial charge in [0, 0.05) is 36.4 Å². The number of carbonyl (C=O) groups excluding carboxylic acids is 1. The van der Waals surface area contributed by atoms with E-state index < -0.39 is 0 Å². The van der Waals surface area contributed by atoms with Crippen molar-refractivity contribution < 1.29 is 9.53 Å². The van der Waals surface area contributed by atoms with Gasteiger partial charge >= 0.3 is 6.03 Å². The number of anilines is 1. The van der Waals surface area contributed by atoms with Gasteiger partial charge < -0.3 is 20.3 Å². The highest BCUT2D eigenvalue weighted by molar-refractivity contribution is 5.89. The van der Waals surface area contributed by atoms with Crippen molar-refractivity contribution in [2.45, 2.75) is 25.2 Å². The Morgan fingerprint density at radius 3 is 2.34 bits per heavy atom. The predicted molar refractivity (Wildman–Crippen MR) is 142 cm³/mol. The Balaban J connectivity index is 1.40. The number of hydrogen-bond donors (Lipinski definition) is 2. The lowest BCUT2D eigenvalue weighted by atomic mass is 9.94. The van der Waals surface area contributed by atoms with Crippen LogP contribution in [0.2, 0.25) is 0 Å². The summed E-state index contributed by atoms with van der Waals surface area (Å²) < 4.78 is 5.21. The number of urea groups is 1. The minimum Gasteiger partial charge on any atom is -0.497 e. The van der Waals surface area contributed by atoms with Crippen molar-refractivity contribution in [3.63, 3.8) is 0 Å². The molecule has 0 spiro atoms. The molecule has 0 radical (unpaired) electrons. The van der Waals surface area contributed by atoms with Gasteiger partial charge in [-0.3, -0.25) is 0 Å². The van der Waals surface area contributed by atoms with Gasteiger partial charge in [0.05, 0.1) is 7.11 Å². The normalized spacial score (nSPS) is 16.5. The van der Waals surface area contributed by atoms with Crippen molar-refractivity contribution in [2.75, 3.05) is 38.6 Å². The number of benzene rings is 3. The minimum absolute atomic E-state index is 0.0472. The summed E-state index contributed by atoms with van der Waals surface area (Å²) in [6, 6.07) is 26.0. The molecule has 1 heterocycles. The van der Waals surface area contributed by atoms with E-state index in [0.717, 1.165) is 61.5 Å². The third-order valence-corrected chi connectivity index (χ3v) is 6.31. The van der Waals surface area contributed by atoms with Crippen LogP contribution in [0.15, 0.2) is 78.9 Å². The molecule has 2 amide bonds. The molecule has 3 aromatic carbocycles. The molecule has 180 valence electrons. The van der Waals surface area contributed by atoms with Gasteiger partial charge in [-0.2, -0.15) is 0 Å². The van der Waals surface area contributed by atoms with Crippen molar-refractivity contribution in [3.8, 4) is 17.6 Å². The zero-order valence-corrected chi connectivity index (χ0v) is 20.3. The number of ether oxygens (including phenoxy) is 1. The third kappa shape index (κ3) is 7.37. The smallest absolute Gasteiger partial charge is 0.321 e. The molecule has 4 rings (SSSR count). The summed E-state index contributed by atoms with van der Waals surface area (Å²) in [5.41, 5.74) is 4.07. The van der Waals surface area contributed by atoms with E-state index in [1.54, 1.807) is 7.11 Å². The fourth-order valence-electron chi connectivity index (χ4n) is 4.22. The first-order chi connectivity index (χ1) is 17.2. The monoisotopic (exact) mass is 467 g/mol. The van der Waals surface area contributed by atoms with Crippen LogP contribution >= 0.6 is 0 Å². The van der Waals surface area contributed by atoms with Gasteiger partial charge in [0.1, 0.15) is 5.75 Å². The number of nitrogens with zero attached hydrogens (tertiary/aromatic N) is 1. The topological polar surface area (TPSA) is 53.6 Å². The molecule has 1 fully saturated rings. The molecule has 0 aromatic heterocycles. The zero-order chi connectivity index (χ0) is 24.3. The predicted octanol–water partition coefficient (Wildman–Crippen LogP) is 5.49. The number of carbonyl (C=O) groups is 1. The number of amides is 2. The highest BCUT2D eigenvalue weighted by Gasteiger charge is 2.19. The molecule has 5 heteroatoms. The quantitative estimate of drug-likeness (QED) is 0.501. The molecular formula is C30H33N3O2. The second kappa shape index (κ2) is 12.6. The average molecular weight is 468 g/mol. The van der Waals surface area contributed by atoms with Gasteiger partial charge in [-0.15, -0.1) is 0 Å². The number of methoxy groups -OCH3 is 1. The fraction of sp³-hybridized carbons (Fsp3) is 0.300. The van der Waals surface area contributed by atoms with Gasteiger partial charge in [-0.05, 0) is 85.8 Å². The van der Waals surface area contributed by atoms with Gasteiger partial charge in [0.25, 0.3) is 0 Å². The third-order valence-electron chi connectivity index (χ3n) is 6.31. The summed E-state index contributed by atoms with van der Waals surface area (Å²) in [6.07, 6.45) is 2.94. The summed E-state index contributed by atoms with van der Waals surface area (Å²) in [4.78, 5) is 15.0. The summed E-state index contributed by atoms with van der Waals surface area (Å²) in [7, 11) is 1.64. The van der Waals surface area contributed by atoms with Crippen molar-refractivity contribution in [1.29, 1.82) is 0 Å². The molecule has 35 heavy (non-hydrogen) atoms. The van der Waals surface area contributed by atoms with Crippen molar-refractivity contribution in [1.82, 2.24) is 10.2 Å². The van der Waals surface area contributed by atoms with Crippen LogP contribution in [0.4, 0.5) is 10.5 Å². The second-order valence-corrected chi connectivity index (χ2v) is 8.78. The fourth-order valence-corrected chi connectivity index (χ4v) is 4.22. The van der Waals surface area contributed by atoms with E-state index >= 15 is 0 Å². The highest BCUT2D eigenvalue weighted by Crippen LogP contribution is 2.22. The van der Waals surface area contributed by atoms with E-state index in [0.29, 0.717) is 12.5 Å². The van der Waals surface area contributed by atoms with Crippen molar-refractivity contribution in [2.24, 2.45) is 0 Å². The van der Waals surface area contributed by atoms with Crippen molar-refractivity contribution in [3.05, 3.63) is 95.6 Å². The summed E-state index contributed by atoms with van der Waals surface area (Å²) >= 11 is 0. The maximum atomic E-state index is 13.0. The molecule has 1 saturated heterocycles. The van der Waals surface area contributed by atoms with Crippen LogP contribution in [0.25, 0.3) is 0 Å². The van der Waals surface area contributed by atoms with Gasteiger partial charge in [-0.25, -0.2) is 4.79 Å². The molecular weight excluding hydrogens is 434 g/mol. The van der Waals surface area contributed by atoms with Gasteiger partial charge in [0.2, 0.25) is 0 Å². The highest BCUT2D eigenvalue weighted by atomic mass is 16.5. The molecule has 1 atom stereocenters. The van der Waals surface area contributed by atoms with E-state index in [4.69, 9.17) is 4.74 Å². The molecule has 2 N–H and O–H groups in total. The Morgan fingerprint density at radius 1 is 0.914 bits per heavy atom.